The van der Waals surface area contributed by atoms with Crippen molar-refractivity contribution in [3.8, 4) is 11.3 Å². The Morgan fingerprint density at radius 3 is 2.54 bits per heavy atom. The van der Waals surface area contributed by atoms with Crippen molar-refractivity contribution in [2.45, 2.75) is 19.4 Å². The Hall–Kier alpha value is -3.63. The van der Waals surface area contributed by atoms with Crippen LogP contribution < -0.4 is 10.6 Å². The molecule has 3 aromatic heterocycles. The van der Waals surface area contributed by atoms with Gasteiger partial charge in [-0.2, -0.15) is 0 Å². The van der Waals surface area contributed by atoms with Crippen LogP contribution in [0.2, 0.25) is 0 Å². The van der Waals surface area contributed by atoms with E-state index in [9.17, 15) is 4.39 Å². The van der Waals surface area contributed by atoms with Crippen LogP contribution in [0.3, 0.4) is 0 Å². The van der Waals surface area contributed by atoms with Gasteiger partial charge in [-0.3, -0.25) is 9.30 Å². The van der Waals surface area contributed by atoms with Crippen LogP contribution >= 0.6 is 0 Å². The molecule has 2 aliphatic rings. The molecule has 1 aromatic carbocycles. The van der Waals surface area contributed by atoms with E-state index >= 15 is 0 Å². The maximum atomic E-state index is 13.2. The Kier molecular flexibility index (Phi) is 5.75. The summed E-state index contributed by atoms with van der Waals surface area (Å²) >= 11 is 0. The Balaban J connectivity index is 1.33. The maximum absolute atomic E-state index is 13.2. The van der Waals surface area contributed by atoms with Gasteiger partial charge in [0.15, 0.2) is 11.5 Å². The molecule has 180 valence electrons. The lowest BCUT2D eigenvalue weighted by atomic mass is 10.1. The van der Waals surface area contributed by atoms with Gasteiger partial charge in [-0.05, 0) is 24.1 Å². The van der Waals surface area contributed by atoms with E-state index in [-0.39, 0.29) is 11.8 Å². The lowest BCUT2D eigenvalue weighted by molar-refractivity contribution is 0.122. The largest absolute Gasteiger partial charge is 0.378 e. The summed E-state index contributed by atoms with van der Waals surface area (Å²) in [6.45, 7) is 5.50. The van der Waals surface area contributed by atoms with Gasteiger partial charge in [0.25, 0.3) is 0 Å². The molecule has 35 heavy (non-hydrogen) atoms. The number of hydrogen-bond donors (Lipinski definition) is 1. The van der Waals surface area contributed by atoms with Crippen LogP contribution in [-0.4, -0.2) is 68.6 Å². The minimum atomic E-state index is -0.198. The van der Waals surface area contributed by atoms with Gasteiger partial charge in [-0.25, -0.2) is 24.3 Å². The second kappa shape index (κ2) is 9.20. The van der Waals surface area contributed by atoms with E-state index in [1.807, 2.05) is 18.3 Å². The van der Waals surface area contributed by atoms with Crippen LogP contribution in [0.15, 0.2) is 42.9 Å². The van der Waals surface area contributed by atoms with Crippen molar-refractivity contribution in [1.82, 2.24) is 29.2 Å². The fraction of sp³-hybridized carbons (Fsp3) is 0.360. The van der Waals surface area contributed by atoms with E-state index in [0.717, 1.165) is 79.5 Å². The number of fused-ring (bicyclic) bond motifs is 3. The highest BCUT2D eigenvalue weighted by atomic mass is 19.1. The monoisotopic (exact) mass is 474 g/mol. The molecule has 0 unspecified atom stereocenters. The number of nitrogens with zero attached hydrogens (tertiary/aromatic N) is 7. The number of nitrogen functional groups attached to an aromatic ring is 1. The molecular weight excluding hydrogens is 447 g/mol. The van der Waals surface area contributed by atoms with Crippen molar-refractivity contribution in [1.29, 1.82) is 0 Å². The van der Waals surface area contributed by atoms with Gasteiger partial charge in [0, 0.05) is 69.0 Å². The molecule has 0 saturated carbocycles. The SMILES string of the molecule is Nc1ncc(-c2cn3c4c(nc3c(N3CCOCC3)n2)CN(CCc2ccc(F)cc2)CC4)cn1. The van der Waals surface area contributed by atoms with E-state index in [1.165, 1.54) is 17.8 Å². The third-order valence-corrected chi connectivity index (χ3v) is 6.72. The first-order valence-electron chi connectivity index (χ1n) is 11.9. The molecule has 0 aliphatic carbocycles. The van der Waals surface area contributed by atoms with Crippen LogP contribution in [-0.2, 0) is 24.1 Å². The Labute approximate surface area is 202 Å². The summed E-state index contributed by atoms with van der Waals surface area (Å²) in [4.78, 5) is 23.0. The number of imidazole rings is 1. The van der Waals surface area contributed by atoms with Gasteiger partial charge >= 0.3 is 0 Å². The number of morpholine rings is 1. The van der Waals surface area contributed by atoms with Crippen LogP contribution in [0.4, 0.5) is 16.2 Å². The maximum Gasteiger partial charge on any atom is 0.219 e. The molecule has 4 aromatic rings. The van der Waals surface area contributed by atoms with Gasteiger partial charge in [0.2, 0.25) is 5.95 Å². The first-order chi connectivity index (χ1) is 17.1. The van der Waals surface area contributed by atoms with Crippen LogP contribution in [0.1, 0.15) is 17.0 Å². The summed E-state index contributed by atoms with van der Waals surface area (Å²) in [7, 11) is 0. The van der Waals surface area contributed by atoms with Gasteiger partial charge < -0.3 is 15.4 Å². The number of aromatic nitrogens is 5. The summed E-state index contributed by atoms with van der Waals surface area (Å²) in [6.07, 6.45) is 7.23. The Morgan fingerprint density at radius 2 is 1.77 bits per heavy atom. The third-order valence-electron chi connectivity index (χ3n) is 6.72. The highest BCUT2D eigenvalue weighted by Gasteiger charge is 2.26. The second-order valence-electron chi connectivity index (χ2n) is 8.98. The fourth-order valence-corrected chi connectivity index (χ4v) is 4.80. The second-order valence-corrected chi connectivity index (χ2v) is 8.98. The Bertz CT molecular complexity index is 1330. The molecule has 2 aliphatic heterocycles. The first kappa shape index (κ1) is 21.9. The molecule has 0 bridgehead atoms. The van der Waals surface area contributed by atoms with Gasteiger partial charge in [0.05, 0.1) is 24.6 Å². The molecular formula is C25H27FN8O. The molecule has 10 heteroatoms. The van der Waals surface area contributed by atoms with Crippen LogP contribution in [0, 0.1) is 5.82 Å². The number of hydrogen-bond acceptors (Lipinski definition) is 8. The van der Waals surface area contributed by atoms with Crippen molar-refractivity contribution in [3.05, 3.63) is 65.6 Å². The third kappa shape index (κ3) is 4.42. The minimum Gasteiger partial charge on any atom is -0.378 e. The van der Waals surface area contributed by atoms with Crippen molar-refractivity contribution in [2.24, 2.45) is 0 Å². The molecule has 6 rings (SSSR count). The predicted octanol–water partition coefficient (Wildman–Crippen LogP) is 2.34. The lowest BCUT2D eigenvalue weighted by Crippen LogP contribution is -2.37. The molecule has 0 atom stereocenters. The average molecular weight is 475 g/mol. The predicted molar refractivity (Wildman–Crippen MR) is 131 cm³/mol. The molecule has 0 amide bonds. The van der Waals surface area contributed by atoms with E-state index in [4.69, 9.17) is 20.4 Å². The number of benzene rings is 1. The smallest absolute Gasteiger partial charge is 0.219 e. The number of ether oxygens (including phenoxy) is 1. The van der Waals surface area contributed by atoms with Crippen molar-refractivity contribution in [3.63, 3.8) is 0 Å². The number of nitrogens with two attached hydrogens (primary N) is 1. The normalized spacial score (nSPS) is 16.5. The molecule has 1 saturated heterocycles. The number of anilines is 2. The number of rotatable bonds is 5. The van der Waals surface area contributed by atoms with Crippen molar-refractivity contribution < 1.29 is 9.13 Å². The van der Waals surface area contributed by atoms with Crippen molar-refractivity contribution >= 4 is 17.4 Å². The zero-order valence-electron chi connectivity index (χ0n) is 19.4. The van der Waals surface area contributed by atoms with E-state index < -0.39 is 0 Å². The fourth-order valence-electron chi connectivity index (χ4n) is 4.80. The number of halogens is 1. The molecule has 1 fully saturated rings. The van der Waals surface area contributed by atoms with Gasteiger partial charge in [0.1, 0.15) is 5.82 Å². The summed E-state index contributed by atoms with van der Waals surface area (Å²) in [5.74, 6) is 0.898. The topological polar surface area (TPSA) is 97.7 Å². The van der Waals surface area contributed by atoms with E-state index in [2.05, 4.69) is 24.2 Å². The summed E-state index contributed by atoms with van der Waals surface area (Å²) < 4.78 is 21.0. The minimum absolute atomic E-state index is 0.198. The van der Waals surface area contributed by atoms with E-state index in [0.29, 0.717) is 13.2 Å². The first-order valence-corrected chi connectivity index (χ1v) is 11.9. The quantitative estimate of drug-likeness (QED) is 0.471. The molecule has 2 N–H and O–H groups in total. The highest BCUT2D eigenvalue weighted by Crippen LogP contribution is 2.29. The molecule has 9 nitrogen and oxygen atoms in total. The summed E-state index contributed by atoms with van der Waals surface area (Å²) in [5, 5.41) is 0. The van der Waals surface area contributed by atoms with Gasteiger partial charge in [-0.1, -0.05) is 12.1 Å². The molecule has 0 spiro atoms. The lowest BCUT2D eigenvalue weighted by Gasteiger charge is -2.28. The molecule has 0 radical (unpaired) electrons. The summed E-state index contributed by atoms with van der Waals surface area (Å²) in [6, 6.07) is 6.77. The average Bonchev–Trinajstić information content (AvgIpc) is 3.26. The van der Waals surface area contributed by atoms with Crippen molar-refractivity contribution in [2.75, 3.05) is 50.0 Å². The summed E-state index contributed by atoms with van der Waals surface area (Å²) in [5.41, 5.74) is 11.6. The van der Waals surface area contributed by atoms with Crippen LogP contribution in [0.5, 0.6) is 0 Å². The highest BCUT2D eigenvalue weighted by molar-refractivity contribution is 5.71. The zero-order valence-corrected chi connectivity index (χ0v) is 19.4. The van der Waals surface area contributed by atoms with Crippen LogP contribution in [0.25, 0.3) is 16.9 Å². The van der Waals surface area contributed by atoms with E-state index in [1.54, 1.807) is 12.4 Å². The zero-order chi connectivity index (χ0) is 23.8. The van der Waals surface area contributed by atoms with Gasteiger partial charge in [-0.15, -0.1) is 0 Å². The molecule has 5 heterocycles. The standard InChI is InChI=1S/C25H27FN8O/c26-19-3-1-17(2-4-19)5-7-32-8-6-22-21(15-32)31-24-23(33-9-11-35-12-10-33)30-20(16-34(22)24)18-13-28-25(27)29-14-18/h1-4,13-14,16H,5-12,15H2,(H2,27,28,29). The Morgan fingerprint density at radius 1 is 1.00 bits per heavy atom.